The van der Waals surface area contributed by atoms with Gasteiger partial charge in [0.25, 0.3) is 0 Å². The van der Waals surface area contributed by atoms with Crippen LogP contribution in [0.3, 0.4) is 0 Å². The quantitative estimate of drug-likeness (QED) is 0.272. The third-order valence-electron chi connectivity index (χ3n) is 4.40. The molecular formula is C17H39P. The zero-order valence-electron chi connectivity index (χ0n) is 13.7. The minimum atomic E-state index is -0.864. The molecule has 0 aliphatic carbocycles. The van der Waals surface area contributed by atoms with Gasteiger partial charge in [0.2, 0.25) is 0 Å². The summed E-state index contributed by atoms with van der Waals surface area (Å²) in [7, 11) is -0.864. The Labute approximate surface area is 118 Å². The number of hydrogen-bond donors (Lipinski definition) is 0. The molecule has 0 aliphatic heterocycles. The van der Waals surface area contributed by atoms with Gasteiger partial charge in [-0.25, -0.2) is 0 Å². The van der Waals surface area contributed by atoms with Crippen molar-refractivity contribution in [2.75, 3.05) is 24.6 Å². The first-order chi connectivity index (χ1) is 8.74. The van der Waals surface area contributed by atoms with Crippen molar-refractivity contribution in [3.63, 3.8) is 0 Å². The summed E-state index contributed by atoms with van der Waals surface area (Å²) < 4.78 is 0. The van der Waals surface area contributed by atoms with Gasteiger partial charge in [-0.05, 0) is 0 Å². The average Bonchev–Trinajstić information content (AvgIpc) is 2.35. The molecule has 0 aromatic heterocycles. The number of unbranched alkanes of at least 4 members (excludes halogenated alkanes) is 5. The second kappa shape index (κ2) is 12.5. The van der Waals surface area contributed by atoms with E-state index in [0.717, 1.165) is 0 Å². The maximum absolute atomic E-state index is 2.40. The molecule has 0 heterocycles. The van der Waals surface area contributed by atoms with E-state index >= 15 is 0 Å². The first-order valence-corrected chi connectivity index (χ1v) is 11.6. The molecule has 18 heavy (non-hydrogen) atoms. The zero-order chi connectivity index (χ0) is 13.7. The predicted octanol–water partition coefficient (Wildman–Crippen LogP) is 6.33. The molecule has 0 radical (unpaired) electrons. The summed E-state index contributed by atoms with van der Waals surface area (Å²) in [5, 5.41) is 0. The second-order valence-corrected chi connectivity index (χ2v) is 11.3. The molecule has 0 amide bonds. The molecule has 0 saturated heterocycles. The second-order valence-electron chi connectivity index (χ2n) is 6.27. The van der Waals surface area contributed by atoms with Gasteiger partial charge in [-0.15, -0.1) is 0 Å². The van der Waals surface area contributed by atoms with Crippen LogP contribution in [0.2, 0.25) is 0 Å². The molecule has 0 aromatic carbocycles. The van der Waals surface area contributed by atoms with Crippen molar-refractivity contribution in [1.82, 2.24) is 0 Å². The van der Waals surface area contributed by atoms with Crippen LogP contribution in [0, 0.1) is 0 Å². The molecule has 0 aromatic rings. The Morgan fingerprint density at radius 3 is 1.33 bits per heavy atom. The van der Waals surface area contributed by atoms with Crippen LogP contribution >= 0.6 is 7.26 Å². The van der Waals surface area contributed by atoms with Crippen molar-refractivity contribution in [2.24, 2.45) is 0 Å². The van der Waals surface area contributed by atoms with E-state index in [1.54, 1.807) is 24.6 Å². The van der Waals surface area contributed by atoms with E-state index in [4.69, 9.17) is 0 Å². The Bertz CT molecular complexity index is 148. The molecule has 0 fully saturated rings. The fourth-order valence-corrected chi connectivity index (χ4v) is 9.30. The monoisotopic (exact) mass is 274 g/mol. The normalized spacial score (nSPS) is 12.9. The molecular weight excluding hydrogens is 235 g/mol. The van der Waals surface area contributed by atoms with Crippen LogP contribution in [-0.4, -0.2) is 24.6 Å². The summed E-state index contributed by atoms with van der Waals surface area (Å²) >= 11 is 0. The van der Waals surface area contributed by atoms with Crippen LogP contribution < -0.4 is 0 Å². The van der Waals surface area contributed by atoms with Gasteiger partial charge >= 0.3 is 117 Å². The molecule has 0 saturated carbocycles. The molecule has 0 atom stereocenters. The van der Waals surface area contributed by atoms with Gasteiger partial charge in [-0.3, -0.25) is 0 Å². The van der Waals surface area contributed by atoms with Crippen LogP contribution in [0.5, 0.6) is 0 Å². The molecule has 0 nitrogen and oxygen atoms in total. The van der Waals surface area contributed by atoms with Crippen molar-refractivity contribution in [1.29, 1.82) is 0 Å². The maximum atomic E-state index is 2.40. The molecule has 0 aliphatic rings. The SMILES string of the molecule is CCCCCCCC[PH](CCC)(CCC)CCC. The van der Waals surface area contributed by atoms with Crippen LogP contribution in [0.25, 0.3) is 0 Å². The van der Waals surface area contributed by atoms with E-state index in [0.29, 0.717) is 0 Å². The van der Waals surface area contributed by atoms with Crippen molar-refractivity contribution in [2.45, 2.75) is 85.5 Å². The number of hydrogen-bond acceptors (Lipinski definition) is 0. The van der Waals surface area contributed by atoms with Crippen molar-refractivity contribution in [3.05, 3.63) is 0 Å². The summed E-state index contributed by atoms with van der Waals surface area (Å²) in [5.74, 6) is 0. The molecule has 112 valence electrons. The molecule has 0 N–H and O–H groups in total. The van der Waals surface area contributed by atoms with E-state index in [1.165, 1.54) is 57.8 Å². The van der Waals surface area contributed by atoms with Crippen molar-refractivity contribution < 1.29 is 0 Å². The summed E-state index contributed by atoms with van der Waals surface area (Å²) in [6.45, 7) is 9.50. The van der Waals surface area contributed by atoms with Crippen LogP contribution in [0.4, 0.5) is 0 Å². The molecule has 1 heteroatoms. The predicted molar refractivity (Wildman–Crippen MR) is 92.0 cm³/mol. The first kappa shape index (κ1) is 18.4. The summed E-state index contributed by atoms with van der Waals surface area (Å²) in [6.07, 6.45) is 19.6. The Balaban J connectivity index is 3.97. The van der Waals surface area contributed by atoms with Crippen molar-refractivity contribution >= 4 is 7.26 Å². The summed E-state index contributed by atoms with van der Waals surface area (Å²) in [5.41, 5.74) is 0. The number of rotatable bonds is 13. The molecule has 0 rings (SSSR count). The minimum absolute atomic E-state index is 0.864. The first-order valence-electron chi connectivity index (χ1n) is 8.74. The standard InChI is InChI=1S/C17H39P/c1-5-9-10-11-12-13-17-18(14-6-2,15-7-3)16-8-4/h18H,5-17H2,1-4H3. The Hall–Kier alpha value is 0.430. The fraction of sp³-hybridized carbons (Fsp3) is 1.00. The summed E-state index contributed by atoms with van der Waals surface area (Å²) in [4.78, 5) is 0. The van der Waals surface area contributed by atoms with Crippen molar-refractivity contribution in [3.8, 4) is 0 Å². The van der Waals surface area contributed by atoms with Gasteiger partial charge < -0.3 is 0 Å². The van der Waals surface area contributed by atoms with E-state index in [9.17, 15) is 0 Å². The topological polar surface area (TPSA) is 0 Å². The van der Waals surface area contributed by atoms with Gasteiger partial charge in [0, 0.05) is 0 Å². The molecule has 0 unspecified atom stereocenters. The Kier molecular flexibility index (Phi) is 12.8. The third-order valence-corrected chi connectivity index (χ3v) is 10.5. The van der Waals surface area contributed by atoms with Crippen LogP contribution in [0.15, 0.2) is 0 Å². The van der Waals surface area contributed by atoms with Gasteiger partial charge in [-0.1, -0.05) is 0 Å². The van der Waals surface area contributed by atoms with Gasteiger partial charge in [0.1, 0.15) is 0 Å². The fourth-order valence-electron chi connectivity index (χ4n) is 3.62. The van der Waals surface area contributed by atoms with Gasteiger partial charge in [-0.2, -0.15) is 0 Å². The Morgan fingerprint density at radius 1 is 0.444 bits per heavy atom. The van der Waals surface area contributed by atoms with Gasteiger partial charge in [0.15, 0.2) is 0 Å². The van der Waals surface area contributed by atoms with E-state index < -0.39 is 7.26 Å². The van der Waals surface area contributed by atoms with E-state index in [2.05, 4.69) is 27.7 Å². The van der Waals surface area contributed by atoms with Crippen LogP contribution in [-0.2, 0) is 0 Å². The third kappa shape index (κ3) is 8.52. The molecule has 0 bridgehead atoms. The zero-order valence-corrected chi connectivity index (χ0v) is 14.7. The molecule has 0 spiro atoms. The van der Waals surface area contributed by atoms with Gasteiger partial charge in [0.05, 0.1) is 0 Å². The van der Waals surface area contributed by atoms with E-state index in [-0.39, 0.29) is 0 Å². The average molecular weight is 274 g/mol. The Morgan fingerprint density at radius 2 is 0.889 bits per heavy atom. The summed E-state index contributed by atoms with van der Waals surface area (Å²) in [6, 6.07) is 0. The van der Waals surface area contributed by atoms with E-state index in [1.807, 2.05) is 0 Å². The van der Waals surface area contributed by atoms with Crippen LogP contribution in [0.1, 0.15) is 85.5 Å².